The van der Waals surface area contributed by atoms with Gasteiger partial charge in [0.15, 0.2) is 0 Å². The lowest BCUT2D eigenvalue weighted by Crippen LogP contribution is -2.28. The molecule has 1 N–H and O–H groups in total. The normalized spacial score (nSPS) is 11.0. The van der Waals surface area contributed by atoms with Gasteiger partial charge in [-0.1, -0.05) is 78.9 Å². The van der Waals surface area contributed by atoms with E-state index >= 15 is 0 Å². The van der Waals surface area contributed by atoms with Crippen molar-refractivity contribution in [2.75, 3.05) is 6.54 Å². The summed E-state index contributed by atoms with van der Waals surface area (Å²) >= 11 is 0. The number of carbonyl (C=O) groups is 1. The van der Waals surface area contributed by atoms with Gasteiger partial charge in [0.05, 0.1) is 11.1 Å². The number of rotatable bonds is 6. The summed E-state index contributed by atoms with van der Waals surface area (Å²) in [6.07, 6.45) is 0.766. The summed E-state index contributed by atoms with van der Waals surface area (Å²) in [6.45, 7) is 0.511. The van der Waals surface area contributed by atoms with Crippen molar-refractivity contribution in [1.82, 2.24) is 9.88 Å². The van der Waals surface area contributed by atoms with Crippen molar-refractivity contribution in [1.29, 1.82) is 0 Å². The largest absolute Gasteiger partial charge is 0.352 e. The maximum absolute atomic E-state index is 12.9. The van der Waals surface area contributed by atoms with Gasteiger partial charge in [-0.25, -0.2) is 0 Å². The first kappa shape index (κ1) is 19.6. The zero-order valence-corrected chi connectivity index (χ0v) is 16.9. The molecule has 1 heterocycles. The standard InChI is InChI=1S/C26H24N2O2/c1-28-24-15-9-8-14-22(24)23(18-25(28)29)26(30)27-17-16-21(19-10-4-2-5-11-19)20-12-6-3-7-13-20/h2-15,18,21H,16-17H2,1H3,(H,27,30). The predicted molar refractivity (Wildman–Crippen MR) is 121 cm³/mol. The number of hydrogen-bond acceptors (Lipinski definition) is 2. The molecule has 0 saturated carbocycles. The van der Waals surface area contributed by atoms with Crippen LogP contribution in [0.25, 0.3) is 10.9 Å². The van der Waals surface area contributed by atoms with Gasteiger partial charge < -0.3 is 9.88 Å². The molecule has 0 saturated heterocycles. The van der Waals surface area contributed by atoms with Crippen molar-refractivity contribution in [2.24, 2.45) is 7.05 Å². The summed E-state index contributed by atoms with van der Waals surface area (Å²) in [4.78, 5) is 25.2. The van der Waals surface area contributed by atoms with Gasteiger partial charge in [0.2, 0.25) is 0 Å². The number of hydrogen-bond donors (Lipinski definition) is 1. The summed E-state index contributed by atoms with van der Waals surface area (Å²) in [5.41, 5.74) is 3.42. The highest BCUT2D eigenvalue weighted by Gasteiger charge is 2.16. The molecule has 1 aromatic heterocycles. The fraction of sp³-hybridized carbons (Fsp3) is 0.154. The summed E-state index contributed by atoms with van der Waals surface area (Å²) < 4.78 is 1.56. The Morgan fingerprint density at radius 1 is 0.867 bits per heavy atom. The highest BCUT2D eigenvalue weighted by Crippen LogP contribution is 2.27. The Bertz CT molecular complexity index is 1170. The lowest BCUT2D eigenvalue weighted by Gasteiger charge is -2.19. The monoisotopic (exact) mass is 396 g/mol. The molecule has 0 fully saturated rings. The minimum atomic E-state index is -0.219. The Kier molecular flexibility index (Phi) is 5.75. The van der Waals surface area contributed by atoms with Crippen molar-refractivity contribution in [2.45, 2.75) is 12.3 Å². The number of nitrogens with zero attached hydrogens (tertiary/aromatic N) is 1. The molecule has 4 nitrogen and oxygen atoms in total. The molecule has 0 aliphatic rings. The molecule has 4 rings (SSSR count). The first-order valence-electron chi connectivity index (χ1n) is 10.1. The van der Waals surface area contributed by atoms with Crippen LogP contribution >= 0.6 is 0 Å². The number of benzene rings is 3. The molecule has 30 heavy (non-hydrogen) atoms. The van der Waals surface area contributed by atoms with E-state index in [0.29, 0.717) is 12.1 Å². The Balaban J connectivity index is 1.54. The Morgan fingerprint density at radius 2 is 1.43 bits per heavy atom. The number of pyridine rings is 1. The third-order valence-corrected chi connectivity index (χ3v) is 5.52. The number of carbonyl (C=O) groups excluding carboxylic acids is 1. The number of nitrogens with one attached hydrogen (secondary N) is 1. The van der Waals surface area contributed by atoms with Gasteiger partial charge in [0, 0.05) is 31.0 Å². The molecule has 1 amide bonds. The molecule has 0 radical (unpaired) electrons. The van der Waals surface area contributed by atoms with E-state index in [9.17, 15) is 9.59 Å². The second-order valence-corrected chi connectivity index (χ2v) is 7.39. The molecule has 4 heteroatoms. The van der Waals surface area contributed by atoms with Crippen molar-refractivity contribution in [3.8, 4) is 0 Å². The molecular formula is C26H24N2O2. The predicted octanol–water partition coefficient (Wildman–Crippen LogP) is 4.49. The van der Waals surface area contributed by atoms with E-state index in [1.54, 1.807) is 11.6 Å². The number of fused-ring (bicyclic) bond motifs is 1. The number of amides is 1. The van der Waals surface area contributed by atoms with Crippen LogP contribution in [0, 0.1) is 0 Å². The summed E-state index contributed by atoms with van der Waals surface area (Å²) in [5, 5.41) is 3.80. The van der Waals surface area contributed by atoms with Crippen LogP contribution in [-0.4, -0.2) is 17.0 Å². The second kappa shape index (κ2) is 8.78. The Morgan fingerprint density at radius 3 is 2.07 bits per heavy atom. The molecule has 0 unspecified atom stereocenters. The number of para-hydroxylation sites is 1. The van der Waals surface area contributed by atoms with E-state index in [1.807, 2.05) is 60.7 Å². The minimum absolute atomic E-state index is 0.188. The van der Waals surface area contributed by atoms with Gasteiger partial charge in [0.1, 0.15) is 0 Å². The molecule has 0 bridgehead atoms. The van der Waals surface area contributed by atoms with Gasteiger partial charge in [-0.05, 0) is 23.6 Å². The van der Waals surface area contributed by atoms with Gasteiger partial charge >= 0.3 is 0 Å². The van der Waals surface area contributed by atoms with E-state index in [2.05, 4.69) is 29.6 Å². The minimum Gasteiger partial charge on any atom is -0.352 e. The van der Waals surface area contributed by atoms with Crippen LogP contribution in [-0.2, 0) is 7.05 Å². The van der Waals surface area contributed by atoms with Crippen LogP contribution in [0.3, 0.4) is 0 Å². The first-order valence-corrected chi connectivity index (χ1v) is 10.1. The van der Waals surface area contributed by atoms with E-state index in [0.717, 1.165) is 17.3 Å². The molecule has 0 spiro atoms. The van der Waals surface area contributed by atoms with Gasteiger partial charge in [-0.3, -0.25) is 9.59 Å². The highest BCUT2D eigenvalue weighted by molar-refractivity contribution is 6.06. The topological polar surface area (TPSA) is 51.1 Å². The average Bonchev–Trinajstić information content (AvgIpc) is 2.80. The first-order chi connectivity index (χ1) is 14.6. The maximum Gasteiger partial charge on any atom is 0.252 e. The highest BCUT2D eigenvalue weighted by atomic mass is 16.2. The van der Waals surface area contributed by atoms with Crippen molar-refractivity contribution < 1.29 is 4.79 Å². The summed E-state index contributed by atoms with van der Waals surface area (Å²) in [6, 6.07) is 29.5. The van der Waals surface area contributed by atoms with Crippen molar-refractivity contribution >= 4 is 16.8 Å². The van der Waals surface area contributed by atoms with Crippen LogP contribution in [0.2, 0.25) is 0 Å². The van der Waals surface area contributed by atoms with Crippen LogP contribution < -0.4 is 10.9 Å². The van der Waals surface area contributed by atoms with Gasteiger partial charge in [-0.15, -0.1) is 0 Å². The molecule has 150 valence electrons. The lowest BCUT2D eigenvalue weighted by atomic mass is 9.88. The smallest absolute Gasteiger partial charge is 0.252 e. The second-order valence-electron chi connectivity index (χ2n) is 7.39. The van der Waals surface area contributed by atoms with Crippen LogP contribution in [0.1, 0.15) is 33.8 Å². The van der Waals surface area contributed by atoms with E-state index in [1.165, 1.54) is 17.2 Å². The molecule has 4 aromatic rings. The maximum atomic E-state index is 12.9. The molecule has 3 aromatic carbocycles. The average molecular weight is 396 g/mol. The molecular weight excluding hydrogens is 372 g/mol. The van der Waals surface area contributed by atoms with Crippen LogP contribution in [0.4, 0.5) is 0 Å². The Hall–Kier alpha value is -3.66. The zero-order chi connectivity index (χ0) is 20.9. The number of aryl methyl sites for hydroxylation is 1. The van der Waals surface area contributed by atoms with Gasteiger partial charge in [0.25, 0.3) is 11.5 Å². The lowest BCUT2D eigenvalue weighted by molar-refractivity contribution is 0.0954. The van der Waals surface area contributed by atoms with Crippen LogP contribution in [0.5, 0.6) is 0 Å². The Labute approximate surface area is 175 Å². The van der Waals surface area contributed by atoms with E-state index < -0.39 is 0 Å². The van der Waals surface area contributed by atoms with Crippen molar-refractivity contribution in [3.05, 3.63) is 118 Å². The van der Waals surface area contributed by atoms with Crippen molar-refractivity contribution in [3.63, 3.8) is 0 Å². The van der Waals surface area contributed by atoms with Crippen LogP contribution in [0.15, 0.2) is 95.8 Å². The third kappa shape index (κ3) is 4.03. The quantitative estimate of drug-likeness (QED) is 0.522. The SMILES string of the molecule is Cn1c(=O)cc(C(=O)NCCC(c2ccccc2)c2ccccc2)c2ccccc21. The van der Waals surface area contributed by atoms with Gasteiger partial charge in [-0.2, -0.15) is 0 Å². The molecule has 0 aliphatic heterocycles. The summed E-state index contributed by atoms with van der Waals surface area (Å²) in [7, 11) is 1.72. The zero-order valence-electron chi connectivity index (χ0n) is 16.9. The molecule has 0 atom stereocenters. The third-order valence-electron chi connectivity index (χ3n) is 5.52. The summed E-state index contributed by atoms with van der Waals surface area (Å²) in [5.74, 6) is -0.0307. The van der Waals surface area contributed by atoms with E-state index in [4.69, 9.17) is 0 Å². The fourth-order valence-corrected chi connectivity index (χ4v) is 3.92. The number of aromatic nitrogens is 1. The fourth-order valence-electron chi connectivity index (χ4n) is 3.92. The molecule has 0 aliphatic carbocycles. The van der Waals surface area contributed by atoms with E-state index in [-0.39, 0.29) is 17.4 Å².